The van der Waals surface area contributed by atoms with Crippen molar-refractivity contribution < 1.29 is 4.79 Å². The standard InChI is InChI=1S/C11H16OS/c1-4-7-10(8-5-2)11(12)13-9-6-3/h4-5,7-8H,1,6,9H2,2-3H3/b8-5-,10-7+. The third-order valence-corrected chi connectivity index (χ3v) is 2.43. The largest absolute Gasteiger partial charge is 0.282 e. The Morgan fingerprint density at radius 1 is 1.54 bits per heavy atom. The predicted molar refractivity (Wildman–Crippen MR) is 60.9 cm³/mol. The fraction of sp³-hybridized carbons (Fsp3) is 0.364. The number of thioether (sulfide) groups is 1. The highest BCUT2D eigenvalue weighted by molar-refractivity contribution is 8.14. The summed E-state index contributed by atoms with van der Waals surface area (Å²) in [6.45, 7) is 7.53. The fourth-order valence-corrected chi connectivity index (χ4v) is 1.47. The zero-order valence-electron chi connectivity index (χ0n) is 8.25. The Hall–Kier alpha value is -0.760. The molecular formula is C11H16OS. The average Bonchev–Trinajstić information content (AvgIpc) is 2.14. The van der Waals surface area contributed by atoms with E-state index in [0.29, 0.717) is 0 Å². The molecule has 2 heteroatoms. The molecule has 72 valence electrons. The van der Waals surface area contributed by atoms with Crippen molar-refractivity contribution in [2.24, 2.45) is 0 Å². The molecule has 0 rings (SSSR count). The first-order valence-electron chi connectivity index (χ1n) is 4.38. The van der Waals surface area contributed by atoms with Crippen molar-refractivity contribution >= 4 is 16.9 Å². The van der Waals surface area contributed by atoms with Gasteiger partial charge in [0.05, 0.1) is 0 Å². The molecule has 0 amide bonds. The van der Waals surface area contributed by atoms with Gasteiger partial charge in [-0.25, -0.2) is 0 Å². The van der Waals surface area contributed by atoms with Gasteiger partial charge in [0, 0.05) is 11.3 Å². The van der Waals surface area contributed by atoms with Crippen LogP contribution in [0.4, 0.5) is 0 Å². The first kappa shape index (κ1) is 12.2. The van der Waals surface area contributed by atoms with Crippen LogP contribution >= 0.6 is 11.8 Å². The number of hydrogen-bond donors (Lipinski definition) is 0. The summed E-state index contributed by atoms with van der Waals surface area (Å²) in [4.78, 5) is 11.5. The molecule has 0 N–H and O–H groups in total. The second-order valence-corrected chi connectivity index (χ2v) is 3.56. The van der Waals surface area contributed by atoms with Crippen molar-refractivity contribution in [1.29, 1.82) is 0 Å². The monoisotopic (exact) mass is 196 g/mol. The number of carbonyl (C=O) groups is 1. The van der Waals surface area contributed by atoms with Gasteiger partial charge in [0.2, 0.25) is 5.12 Å². The van der Waals surface area contributed by atoms with E-state index in [1.165, 1.54) is 11.8 Å². The number of allylic oxidation sites excluding steroid dienone is 4. The van der Waals surface area contributed by atoms with E-state index in [4.69, 9.17) is 0 Å². The van der Waals surface area contributed by atoms with Gasteiger partial charge in [0.1, 0.15) is 0 Å². The van der Waals surface area contributed by atoms with Gasteiger partial charge in [-0.1, -0.05) is 49.6 Å². The third-order valence-electron chi connectivity index (χ3n) is 1.32. The molecule has 0 radical (unpaired) electrons. The summed E-state index contributed by atoms with van der Waals surface area (Å²) in [5.41, 5.74) is 0.718. The fourth-order valence-electron chi connectivity index (χ4n) is 0.776. The van der Waals surface area contributed by atoms with E-state index in [0.717, 1.165) is 17.7 Å². The molecule has 0 atom stereocenters. The van der Waals surface area contributed by atoms with Gasteiger partial charge in [0.25, 0.3) is 0 Å². The number of carbonyl (C=O) groups excluding carboxylic acids is 1. The summed E-state index contributed by atoms with van der Waals surface area (Å²) in [5.74, 6) is 0.880. The number of hydrogen-bond acceptors (Lipinski definition) is 2. The van der Waals surface area contributed by atoms with E-state index < -0.39 is 0 Å². The molecule has 0 aliphatic heterocycles. The summed E-state index contributed by atoms with van der Waals surface area (Å²) in [5, 5.41) is 0.125. The summed E-state index contributed by atoms with van der Waals surface area (Å²) >= 11 is 1.36. The number of rotatable bonds is 5. The molecule has 0 heterocycles. The van der Waals surface area contributed by atoms with Crippen LogP contribution in [0.3, 0.4) is 0 Å². The highest BCUT2D eigenvalue weighted by atomic mass is 32.2. The van der Waals surface area contributed by atoms with E-state index in [1.54, 1.807) is 12.2 Å². The molecule has 13 heavy (non-hydrogen) atoms. The third kappa shape index (κ3) is 5.47. The van der Waals surface area contributed by atoms with Crippen molar-refractivity contribution in [2.45, 2.75) is 20.3 Å². The molecule has 1 nitrogen and oxygen atoms in total. The first-order valence-corrected chi connectivity index (χ1v) is 5.37. The summed E-state index contributed by atoms with van der Waals surface area (Å²) in [6.07, 6.45) is 8.07. The van der Waals surface area contributed by atoms with E-state index in [1.807, 2.05) is 19.1 Å². The Bertz CT molecular complexity index is 226. The molecule has 0 aromatic carbocycles. The Labute approximate surface area is 84.6 Å². The topological polar surface area (TPSA) is 17.1 Å². The Morgan fingerprint density at radius 2 is 2.23 bits per heavy atom. The maximum absolute atomic E-state index is 11.5. The van der Waals surface area contributed by atoms with Crippen molar-refractivity contribution in [3.63, 3.8) is 0 Å². The van der Waals surface area contributed by atoms with Crippen molar-refractivity contribution in [3.05, 3.63) is 36.5 Å². The van der Waals surface area contributed by atoms with Gasteiger partial charge in [-0.05, 0) is 13.3 Å². The van der Waals surface area contributed by atoms with Gasteiger partial charge in [-0.15, -0.1) is 0 Å². The van der Waals surface area contributed by atoms with Crippen LogP contribution in [-0.2, 0) is 4.79 Å². The molecule has 0 aliphatic rings. The molecular weight excluding hydrogens is 180 g/mol. The van der Waals surface area contributed by atoms with Crippen LogP contribution in [0, 0.1) is 0 Å². The first-order chi connectivity index (χ1) is 6.26. The van der Waals surface area contributed by atoms with E-state index in [2.05, 4.69) is 13.5 Å². The minimum atomic E-state index is 0.125. The predicted octanol–water partition coefficient (Wildman–Crippen LogP) is 3.34. The lowest BCUT2D eigenvalue weighted by atomic mass is 10.2. The smallest absolute Gasteiger partial charge is 0.219 e. The Balaban J connectivity index is 4.29. The van der Waals surface area contributed by atoms with Crippen LogP contribution in [-0.4, -0.2) is 10.9 Å². The van der Waals surface area contributed by atoms with Crippen LogP contribution in [0.2, 0.25) is 0 Å². The summed E-state index contributed by atoms with van der Waals surface area (Å²) < 4.78 is 0. The van der Waals surface area contributed by atoms with Gasteiger partial charge >= 0.3 is 0 Å². The summed E-state index contributed by atoms with van der Waals surface area (Å²) in [6, 6.07) is 0. The highest BCUT2D eigenvalue weighted by Gasteiger charge is 2.04. The second kappa shape index (κ2) is 7.87. The minimum absolute atomic E-state index is 0.125. The Morgan fingerprint density at radius 3 is 2.69 bits per heavy atom. The molecule has 0 aromatic heterocycles. The van der Waals surface area contributed by atoms with Crippen molar-refractivity contribution in [3.8, 4) is 0 Å². The van der Waals surface area contributed by atoms with E-state index >= 15 is 0 Å². The van der Waals surface area contributed by atoms with Crippen LogP contribution in [0.15, 0.2) is 36.5 Å². The molecule has 0 saturated carbocycles. The lowest BCUT2D eigenvalue weighted by molar-refractivity contribution is -0.107. The molecule has 0 aromatic rings. The molecule has 0 spiro atoms. The van der Waals surface area contributed by atoms with Crippen molar-refractivity contribution in [1.82, 2.24) is 0 Å². The highest BCUT2D eigenvalue weighted by Crippen LogP contribution is 2.13. The molecule has 0 aliphatic carbocycles. The van der Waals surface area contributed by atoms with E-state index in [9.17, 15) is 4.79 Å². The quantitative estimate of drug-likeness (QED) is 0.495. The van der Waals surface area contributed by atoms with Crippen LogP contribution in [0.5, 0.6) is 0 Å². The second-order valence-electron chi connectivity index (χ2n) is 2.49. The summed E-state index contributed by atoms with van der Waals surface area (Å²) in [7, 11) is 0. The molecule has 0 saturated heterocycles. The lowest BCUT2D eigenvalue weighted by Gasteiger charge is -1.98. The molecule has 0 bridgehead atoms. The molecule has 0 fully saturated rings. The zero-order valence-corrected chi connectivity index (χ0v) is 9.06. The maximum Gasteiger partial charge on any atom is 0.219 e. The average molecular weight is 196 g/mol. The normalized spacial score (nSPS) is 12.0. The molecule has 0 unspecified atom stereocenters. The van der Waals surface area contributed by atoms with Crippen molar-refractivity contribution in [2.75, 3.05) is 5.75 Å². The zero-order chi connectivity index (χ0) is 10.1. The maximum atomic E-state index is 11.5. The van der Waals surface area contributed by atoms with Crippen LogP contribution in [0.25, 0.3) is 0 Å². The van der Waals surface area contributed by atoms with Gasteiger partial charge in [-0.2, -0.15) is 0 Å². The Kier molecular flexibility index (Phi) is 7.41. The van der Waals surface area contributed by atoms with Gasteiger partial charge in [-0.3, -0.25) is 4.79 Å². The minimum Gasteiger partial charge on any atom is -0.282 e. The van der Waals surface area contributed by atoms with Gasteiger partial charge < -0.3 is 0 Å². The lowest BCUT2D eigenvalue weighted by Crippen LogP contribution is -1.95. The van der Waals surface area contributed by atoms with E-state index in [-0.39, 0.29) is 5.12 Å². The van der Waals surface area contributed by atoms with Crippen LogP contribution in [0.1, 0.15) is 20.3 Å². The van der Waals surface area contributed by atoms with Gasteiger partial charge in [0.15, 0.2) is 0 Å². The van der Waals surface area contributed by atoms with Crippen LogP contribution < -0.4 is 0 Å². The SMILES string of the molecule is C=C/C=C(\C=C/C)C(=O)SCCC.